The Morgan fingerprint density at radius 2 is 0.864 bits per heavy atom. The van der Waals surface area contributed by atoms with Crippen LogP contribution >= 0.6 is 46.4 Å². The third-order valence-corrected chi connectivity index (χ3v) is 27.1. The maximum atomic E-state index is 7.92. The van der Waals surface area contributed by atoms with Gasteiger partial charge in [0.15, 0.2) is 0 Å². The number of nitrogens with zero attached hydrogens (tertiary/aromatic N) is 1. The summed E-state index contributed by atoms with van der Waals surface area (Å²) >= 11 is 21.9. The van der Waals surface area contributed by atoms with E-state index in [4.69, 9.17) is 61.9 Å². The van der Waals surface area contributed by atoms with Crippen molar-refractivity contribution in [2.75, 3.05) is 4.90 Å². The van der Waals surface area contributed by atoms with Crippen molar-refractivity contribution in [2.24, 2.45) is 0 Å². The van der Waals surface area contributed by atoms with Crippen molar-refractivity contribution in [3.05, 3.63) is 177 Å². The van der Waals surface area contributed by atoms with Crippen molar-refractivity contribution >= 4 is 92.2 Å². The van der Waals surface area contributed by atoms with E-state index >= 15 is 0 Å². The van der Waals surface area contributed by atoms with Gasteiger partial charge in [-0.3, -0.25) is 0 Å². The van der Waals surface area contributed by atoms with Crippen LogP contribution in [0.25, 0.3) is 33.4 Å². The molecule has 0 saturated heterocycles. The number of benzene rings is 8. The molecule has 10 heteroatoms. The fourth-order valence-corrected chi connectivity index (χ4v) is 26.3. The first-order valence-corrected chi connectivity index (χ1v) is 26.4. The van der Waals surface area contributed by atoms with E-state index in [-0.39, 0.29) is 31.6 Å². The molecule has 0 radical (unpaired) electrons. The molecule has 59 heavy (non-hydrogen) atoms. The molecule has 0 fully saturated rings. The Hall–Kier alpha value is -5.26. The third kappa shape index (κ3) is 4.66. The zero-order chi connectivity index (χ0) is 39.8. The molecule has 0 N–H and O–H groups in total. The normalized spacial score (nSPS) is 15.7. The quantitative estimate of drug-likeness (QED) is 0.0999. The van der Waals surface area contributed by atoms with E-state index < -0.39 is 18.2 Å². The summed E-state index contributed by atoms with van der Waals surface area (Å²) < 4.78 is 32.8. The van der Waals surface area contributed by atoms with E-state index in [1.165, 1.54) is 0 Å². The van der Waals surface area contributed by atoms with Crippen molar-refractivity contribution in [2.45, 2.75) is 6.92 Å². The molecule has 0 saturated carbocycles. The standard InChI is InChI=1S/C43H28NO2.C6H2Cl4O2.Sb/c1-30-17-19-35(20-18-30)44-36-21-23-40(32-13-7-3-8-14-32)42(27-36)45-38-25-34(31-11-5-2-6-12-31)26-39(29-38)46-43-28-37(44)22-24-41(43)33-15-9-4-10-16-33;7-1-2(8)4(10)6(12)5(11)3(1)9;/h2-26H,1H3;11-12H;/q;;+2/p-2. The zero-order valence-corrected chi connectivity index (χ0v) is 36.5. The predicted molar refractivity (Wildman–Crippen MR) is 241 cm³/mol. The molecule has 4 heterocycles. The Bertz CT molecular complexity index is 2960. The van der Waals surface area contributed by atoms with Gasteiger partial charge < -0.3 is 0 Å². The average Bonchev–Trinajstić information content (AvgIpc) is 3.62. The van der Waals surface area contributed by atoms with Gasteiger partial charge in [-0.05, 0) is 0 Å². The summed E-state index contributed by atoms with van der Waals surface area (Å²) in [4.78, 5) is 2.25. The van der Waals surface area contributed by atoms with E-state index in [1.807, 2.05) is 54.6 Å². The number of halogens is 4. The number of fused-ring (bicyclic) bond motifs is 1. The van der Waals surface area contributed by atoms with Gasteiger partial charge in [-0.25, -0.2) is 0 Å². The van der Waals surface area contributed by atoms with Gasteiger partial charge >= 0.3 is 365 Å². The number of hydrogen-bond donors (Lipinski definition) is 0. The van der Waals surface area contributed by atoms with E-state index in [1.54, 1.807) is 0 Å². The van der Waals surface area contributed by atoms with E-state index in [9.17, 15) is 0 Å². The summed E-state index contributed by atoms with van der Waals surface area (Å²) in [6, 6.07) is 51.7. The molecule has 12 rings (SSSR count). The van der Waals surface area contributed by atoms with Crippen LogP contribution in [0.2, 0.25) is 20.1 Å². The van der Waals surface area contributed by atoms with Crippen LogP contribution in [-0.2, 0) is 0 Å². The summed E-state index contributed by atoms with van der Waals surface area (Å²) in [6.07, 6.45) is 0. The van der Waals surface area contributed by atoms with Crippen molar-refractivity contribution < 1.29 is 15.5 Å². The van der Waals surface area contributed by atoms with Crippen molar-refractivity contribution in [1.82, 2.24) is 0 Å². The summed E-state index contributed by atoms with van der Waals surface area (Å²) in [6.45, 7) is 2.08. The van der Waals surface area contributed by atoms with Crippen LogP contribution in [-0.4, -0.2) is 18.2 Å². The minimum atomic E-state index is -6.28. The molecule has 8 aromatic carbocycles. The number of aryl methyl sites for hydroxylation is 1. The van der Waals surface area contributed by atoms with Crippen molar-refractivity contribution in [1.29, 1.82) is 0 Å². The Kier molecular flexibility index (Phi) is 7.63. The Morgan fingerprint density at radius 1 is 0.424 bits per heavy atom. The maximum absolute atomic E-state index is 7.92. The van der Waals surface area contributed by atoms with Gasteiger partial charge in [0, 0.05) is 0 Å². The number of rotatable bonds is 4. The molecule has 0 aromatic heterocycles. The van der Waals surface area contributed by atoms with Gasteiger partial charge in [0.05, 0.1) is 0 Å². The molecule has 0 atom stereocenters. The second kappa shape index (κ2) is 12.6. The van der Waals surface area contributed by atoms with Crippen LogP contribution in [0, 0.1) is 6.92 Å². The first kappa shape index (κ1) is 35.7. The van der Waals surface area contributed by atoms with Gasteiger partial charge in [-0.15, -0.1) is 0 Å². The van der Waals surface area contributed by atoms with Crippen molar-refractivity contribution in [3.63, 3.8) is 0 Å². The summed E-state index contributed by atoms with van der Waals surface area (Å²) in [5.74, 6) is 2.77. The number of hydrogen-bond acceptors (Lipinski definition) is 5. The predicted octanol–water partition coefficient (Wildman–Crippen LogP) is 13.5. The molecule has 0 aliphatic carbocycles. The van der Waals surface area contributed by atoms with Crippen LogP contribution in [0.4, 0.5) is 17.1 Å². The van der Waals surface area contributed by atoms with Gasteiger partial charge in [0.1, 0.15) is 0 Å². The summed E-state index contributed by atoms with van der Waals surface area (Å²) in [5.41, 5.74) is 9.26. The second-order valence-corrected chi connectivity index (χ2v) is 26.8. The minimum absolute atomic E-state index is 0.0771. The summed E-state index contributed by atoms with van der Waals surface area (Å²) in [7, 11) is 0. The van der Waals surface area contributed by atoms with Crippen LogP contribution in [0.1, 0.15) is 5.56 Å². The molecule has 4 aliphatic rings. The zero-order valence-electron chi connectivity index (χ0n) is 31.0. The summed E-state index contributed by atoms with van der Waals surface area (Å²) in [5, 5.41) is 0.375. The molecule has 4 aliphatic heterocycles. The third-order valence-electron chi connectivity index (χ3n) is 11.7. The van der Waals surface area contributed by atoms with E-state index in [2.05, 4.69) is 109 Å². The molecule has 1 spiro atoms. The van der Waals surface area contributed by atoms with Crippen LogP contribution in [0.15, 0.2) is 152 Å². The van der Waals surface area contributed by atoms with Gasteiger partial charge in [-0.2, -0.15) is 0 Å². The monoisotopic (exact) mass is 955 g/mol. The Balaban J connectivity index is 1.32. The molecule has 286 valence electrons. The SMILES string of the molecule is Cc1ccc(N2c3ccc(-c4ccccc4)c4[c]3[Sb]35([O]c6c(Cl)c(Cl)c(Cl)c(Cl)c6[O]3)[c]3c(cc(-c6ccccc6)cc3Oc3c(-c6ccccc6)ccc2[c]35)O4)cc1. The van der Waals surface area contributed by atoms with Crippen molar-refractivity contribution in [3.8, 4) is 67.9 Å². The van der Waals surface area contributed by atoms with Gasteiger partial charge in [-0.1, -0.05) is 0 Å². The fraction of sp³-hybridized carbons (Fsp3) is 0.0204. The molecule has 0 unspecified atom stereocenters. The number of anilines is 3. The Morgan fingerprint density at radius 3 is 1.32 bits per heavy atom. The topological polar surface area (TPSA) is 40.2 Å². The molecular formula is C49H28Cl4NO4Sb. The first-order valence-electron chi connectivity index (χ1n) is 19.0. The fourth-order valence-electron chi connectivity index (χ4n) is 9.15. The van der Waals surface area contributed by atoms with Crippen LogP contribution in [0.5, 0.6) is 34.5 Å². The number of ether oxygens (including phenoxy) is 2. The van der Waals surface area contributed by atoms with Gasteiger partial charge in [0.25, 0.3) is 0 Å². The Labute approximate surface area is 362 Å². The molecule has 0 amide bonds. The second-order valence-electron chi connectivity index (χ2n) is 15.0. The van der Waals surface area contributed by atoms with Crippen LogP contribution < -0.4 is 30.9 Å². The first-order chi connectivity index (χ1) is 28.8. The molecular weight excluding hydrogens is 930 g/mol. The molecule has 5 nitrogen and oxygen atoms in total. The van der Waals surface area contributed by atoms with E-state index in [0.29, 0.717) is 26.5 Å². The van der Waals surface area contributed by atoms with Gasteiger partial charge in [0.2, 0.25) is 0 Å². The average molecular weight is 958 g/mol. The van der Waals surface area contributed by atoms with E-state index in [0.717, 1.165) is 63.0 Å². The molecule has 8 aromatic rings. The van der Waals surface area contributed by atoms with Crippen LogP contribution in [0.3, 0.4) is 0 Å². The molecule has 0 bridgehead atoms.